The normalized spacial score (nSPS) is 18.5. The molecule has 0 saturated carbocycles. The van der Waals surface area contributed by atoms with Crippen LogP contribution in [0.5, 0.6) is 5.75 Å². The van der Waals surface area contributed by atoms with Crippen LogP contribution < -0.4 is 9.64 Å². The lowest BCUT2D eigenvalue weighted by Crippen LogP contribution is -2.46. The number of carbonyl (C=O) groups excluding carboxylic acids is 1. The summed E-state index contributed by atoms with van der Waals surface area (Å²) < 4.78 is 27.0. The number of morpholine rings is 1. The van der Waals surface area contributed by atoms with E-state index in [1.54, 1.807) is 18.3 Å². The summed E-state index contributed by atoms with van der Waals surface area (Å²) in [5, 5.41) is 8.62. The highest BCUT2D eigenvalue weighted by molar-refractivity contribution is 5.95. The average Bonchev–Trinajstić information content (AvgIpc) is 3.46. The second-order valence-electron chi connectivity index (χ2n) is 11.8. The highest BCUT2D eigenvalue weighted by Crippen LogP contribution is 2.37. The number of carbonyl (C=O) groups is 1. The minimum absolute atomic E-state index is 0.0791. The van der Waals surface area contributed by atoms with Gasteiger partial charge in [0.2, 0.25) is 5.91 Å². The summed E-state index contributed by atoms with van der Waals surface area (Å²) in [5.41, 5.74) is 5.49. The van der Waals surface area contributed by atoms with Crippen LogP contribution in [0.15, 0.2) is 48.7 Å². The number of anilines is 1. The topological polar surface area (TPSA) is 90.1 Å². The third kappa shape index (κ3) is 5.87. The standard InChI is InChI=1S/C33H38FN7O3/c1-38-9-11-40(12-10-38)29-7-6-23-18-24(29)21-41(31(42)22-39-13-16-43-17-14-39)8-3-15-44-30-5-2-4-26(34)32(30)27-19-25-28(20-35-27)36-37-33(23)25/h2,4-7,18-20H,3,8-17,21-22H2,1H3,(H,36,37). The summed E-state index contributed by atoms with van der Waals surface area (Å²) in [7, 11) is 2.15. The Labute approximate surface area is 256 Å². The predicted molar refractivity (Wildman–Crippen MR) is 167 cm³/mol. The van der Waals surface area contributed by atoms with E-state index in [0.717, 1.165) is 72.7 Å². The van der Waals surface area contributed by atoms with Crippen molar-refractivity contribution in [2.24, 2.45) is 0 Å². The molecule has 0 radical (unpaired) electrons. The Morgan fingerprint density at radius 1 is 1.00 bits per heavy atom. The Hall–Kier alpha value is -4.06. The maximum absolute atomic E-state index is 15.3. The molecule has 0 unspecified atom stereocenters. The van der Waals surface area contributed by atoms with Gasteiger partial charge in [0.15, 0.2) is 0 Å². The van der Waals surface area contributed by atoms with Crippen molar-refractivity contribution in [1.82, 2.24) is 29.9 Å². The van der Waals surface area contributed by atoms with Crippen molar-refractivity contribution >= 4 is 22.5 Å². The largest absolute Gasteiger partial charge is 0.493 e. The second-order valence-corrected chi connectivity index (χ2v) is 11.8. The van der Waals surface area contributed by atoms with E-state index in [-0.39, 0.29) is 5.91 Å². The molecule has 4 aromatic rings. The third-order valence-corrected chi connectivity index (χ3v) is 8.88. The van der Waals surface area contributed by atoms with Gasteiger partial charge in [-0.25, -0.2) is 4.39 Å². The molecule has 3 aliphatic rings. The molecule has 10 nitrogen and oxygen atoms in total. The van der Waals surface area contributed by atoms with Crippen molar-refractivity contribution in [3.8, 4) is 28.3 Å². The Bertz CT molecular complexity index is 1650. The number of fused-ring (bicyclic) bond motifs is 6. The van der Waals surface area contributed by atoms with E-state index in [1.807, 2.05) is 11.0 Å². The number of H-pyrrole nitrogens is 1. The molecule has 0 aliphatic carbocycles. The van der Waals surface area contributed by atoms with E-state index in [4.69, 9.17) is 9.47 Å². The SMILES string of the molecule is CN1CCN(c2ccc3cc2CN(C(=O)CN2CCOCC2)CCCOc2cccc(F)c2-c2cc4c-3n[nH]c4cn2)CC1. The first kappa shape index (κ1) is 28.7. The van der Waals surface area contributed by atoms with Crippen LogP contribution in [0.2, 0.25) is 0 Å². The predicted octanol–water partition coefficient (Wildman–Crippen LogP) is 3.63. The highest BCUT2D eigenvalue weighted by atomic mass is 19.1. The van der Waals surface area contributed by atoms with Gasteiger partial charge in [-0.2, -0.15) is 5.10 Å². The lowest BCUT2D eigenvalue weighted by Gasteiger charge is -2.36. The molecule has 3 aliphatic heterocycles. The smallest absolute Gasteiger partial charge is 0.237 e. The summed E-state index contributed by atoms with van der Waals surface area (Å²) in [5.74, 6) is 0.112. The number of aromatic amines is 1. The van der Waals surface area contributed by atoms with Gasteiger partial charge < -0.3 is 24.2 Å². The summed E-state index contributed by atoms with van der Waals surface area (Å²) in [6.07, 6.45) is 2.30. The number of rotatable bonds is 3. The second kappa shape index (κ2) is 12.5. The molecule has 2 aromatic heterocycles. The molecule has 0 spiro atoms. The van der Waals surface area contributed by atoms with E-state index in [2.05, 4.69) is 55.1 Å². The number of halogens is 1. The van der Waals surface area contributed by atoms with Crippen molar-refractivity contribution in [3.63, 3.8) is 0 Å². The molecule has 2 saturated heterocycles. The fourth-order valence-electron chi connectivity index (χ4n) is 6.35. The van der Waals surface area contributed by atoms with Crippen molar-refractivity contribution in [1.29, 1.82) is 0 Å². The van der Waals surface area contributed by atoms with Crippen molar-refractivity contribution in [3.05, 3.63) is 60.0 Å². The fourth-order valence-corrected chi connectivity index (χ4v) is 6.35. The van der Waals surface area contributed by atoms with Gasteiger partial charge in [0.1, 0.15) is 17.3 Å². The zero-order valence-electron chi connectivity index (χ0n) is 25.1. The molecule has 5 heterocycles. The maximum Gasteiger partial charge on any atom is 0.237 e. The molecule has 1 N–H and O–H groups in total. The van der Waals surface area contributed by atoms with E-state index in [0.29, 0.717) is 62.9 Å². The van der Waals surface area contributed by atoms with Crippen molar-refractivity contribution < 1.29 is 18.7 Å². The summed E-state index contributed by atoms with van der Waals surface area (Å²) in [6.45, 7) is 8.24. The number of aromatic nitrogens is 3. The number of hydrogen-bond donors (Lipinski definition) is 1. The molecule has 230 valence electrons. The van der Waals surface area contributed by atoms with Crippen molar-refractivity contribution in [2.45, 2.75) is 13.0 Å². The quantitative estimate of drug-likeness (QED) is 0.382. The third-order valence-electron chi connectivity index (χ3n) is 8.88. The number of piperazine rings is 1. The number of amides is 1. The van der Waals surface area contributed by atoms with Gasteiger partial charge in [-0.1, -0.05) is 12.1 Å². The van der Waals surface area contributed by atoms with Gasteiger partial charge in [-0.15, -0.1) is 0 Å². The summed E-state index contributed by atoms with van der Waals surface area (Å²) in [4.78, 5) is 27.3. The highest BCUT2D eigenvalue weighted by Gasteiger charge is 2.25. The van der Waals surface area contributed by atoms with Gasteiger partial charge in [-0.05, 0) is 49.4 Å². The first-order valence-corrected chi connectivity index (χ1v) is 15.4. The summed E-state index contributed by atoms with van der Waals surface area (Å²) >= 11 is 0. The zero-order valence-corrected chi connectivity index (χ0v) is 25.1. The first-order chi connectivity index (χ1) is 21.5. The van der Waals surface area contributed by atoms with Crippen LogP contribution in [0, 0.1) is 5.82 Å². The van der Waals surface area contributed by atoms with Gasteiger partial charge in [-0.3, -0.25) is 19.8 Å². The minimum Gasteiger partial charge on any atom is -0.493 e. The molecule has 2 fully saturated rings. The fraction of sp³-hybridized carbons (Fsp3) is 0.424. The minimum atomic E-state index is -0.398. The molecular weight excluding hydrogens is 561 g/mol. The van der Waals surface area contributed by atoms with Crippen LogP contribution in [0.4, 0.5) is 10.1 Å². The zero-order chi connectivity index (χ0) is 30.0. The van der Waals surface area contributed by atoms with E-state index < -0.39 is 5.82 Å². The Morgan fingerprint density at radius 2 is 1.84 bits per heavy atom. The van der Waals surface area contributed by atoms with Gasteiger partial charge in [0, 0.05) is 69.0 Å². The Kier molecular flexibility index (Phi) is 8.16. The molecule has 0 atom stereocenters. The van der Waals surface area contributed by atoms with Crippen LogP contribution in [0.25, 0.3) is 33.4 Å². The van der Waals surface area contributed by atoms with E-state index in [9.17, 15) is 4.79 Å². The van der Waals surface area contributed by atoms with Crippen LogP contribution in [-0.4, -0.2) is 115 Å². The van der Waals surface area contributed by atoms with Gasteiger partial charge >= 0.3 is 0 Å². The number of nitrogens with zero attached hydrogens (tertiary/aromatic N) is 6. The van der Waals surface area contributed by atoms with Gasteiger partial charge in [0.25, 0.3) is 0 Å². The number of pyridine rings is 1. The lowest BCUT2D eigenvalue weighted by molar-refractivity contribution is -0.134. The van der Waals surface area contributed by atoms with Crippen LogP contribution >= 0.6 is 0 Å². The molecule has 11 heteroatoms. The van der Waals surface area contributed by atoms with Crippen molar-refractivity contribution in [2.75, 3.05) is 84.1 Å². The Morgan fingerprint density at radius 3 is 2.68 bits per heavy atom. The number of benzene rings is 2. The number of ether oxygens (including phenoxy) is 2. The number of hydrogen-bond acceptors (Lipinski definition) is 8. The molecule has 2 aromatic carbocycles. The average molecular weight is 600 g/mol. The Balaban J connectivity index is 1.32. The van der Waals surface area contributed by atoms with Crippen LogP contribution in [-0.2, 0) is 16.1 Å². The number of nitrogens with one attached hydrogen (secondary N) is 1. The molecule has 4 bridgehead atoms. The van der Waals surface area contributed by atoms with E-state index >= 15 is 4.39 Å². The van der Waals surface area contributed by atoms with Crippen LogP contribution in [0.3, 0.4) is 0 Å². The monoisotopic (exact) mass is 599 g/mol. The van der Waals surface area contributed by atoms with Gasteiger partial charge in [0.05, 0.1) is 49.3 Å². The summed E-state index contributed by atoms with van der Waals surface area (Å²) in [6, 6.07) is 13.2. The molecule has 1 amide bonds. The molecule has 44 heavy (non-hydrogen) atoms. The maximum atomic E-state index is 15.3. The van der Waals surface area contributed by atoms with E-state index in [1.165, 1.54) is 6.07 Å². The molecule has 7 rings (SSSR count). The van der Waals surface area contributed by atoms with Crippen LogP contribution in [0.1, 0.15) is 12.0 Å². The first-order valence-electron chi connectivity index (χ1n) is 15.4. The molecular formula is C33H38FN7O3. The number of likely N-dealkylation sites (N-methyl/N-ethyl adjacent to an activating group) is 1. The lowest BCUT2D eigenvalue weighted by atomic mass is 10.0.